The summed E-state index contributed by atoms with van der Waals surface area (Å²) >= 11 is 0. The maximum atomic E-state index is 5.65. The Morgan fingerprint density at radius 1 is 1.60 bits per heavy atom. The molecule has 0 saturated carbocycles. The smallest absolute Gasteiger partial charge is 0.105 e. The normalized spacial score (nSPS) is 23.8. The van der Waals surface area contributed by atoms with Crippen molar-refractivity contribution < 1.29 is 9.47 Å². The van der Waals surface area contributed by atoms with Crippen LogP contribution in [-0.4, -0.2) is 24.9 Å². The molecule has 15 heavy (non-hydrogen) atoms. The van der Waals surface area contributed by atoms with Crippen LogP contribution in [0.1, 0.15) is 25.6 Å². The second-order valence-corrected chi connectivity index (χ2v) is 4.80. The third kappa shape index (κ3) is 1.94. The van der Waals surface area contributed by atoms with E-state index in [1.165, 1.54) is 5.69 Å². The molecule has 0 amide bonds. The first-order valence-corrected chi connectivity index (χ1v) is 5.41. The molecule has 0 N–H and O–H groups in total. The van der Waals surface area contributed by atoms with Gasteiger partial charge in [-0.1, -0.05) is 13.8 Å². The first-order valence-electron chi connectivity index (χ1n) is 5.41. The van der Waals surface area contributed by atoms with E-state index in [9.17, 15) is 0 Å². The molecule has 1 saturated heterocycles. The Kier molecular flexibility index (Phi) is 2.85. The van der Waals surface area contributed by atoms with Crippen LogP contribution < -0.4 is 0 Å². The molecule has 1 unspecified atom stereocenters. The molecule has 2 heterocycles. The van der Waals surface area contributed by atoms with Crippen molar-refractivity contribution >= 4 is 0 Å². The highest BCUT2D eigenvalue weighted by atomic mass is 16.5. The van der Waals surface area contributed by atoms with Crippen LogP contribution in [0.2, 0.25) is 0 Å². The fourth-order valence-electron chi connectivity index (χ4n) is 2.04. The van der Waals surface area contributed by atoms with Crippen LogP contribution in [0, 0.1) is 5.41 Å². The molecule has 0 spiro atoms. The van der Waals surface area contributed by atoms with Gasteiger partial charge in [0, 0.05) is 31.0 Å². The van der Waals surface area contributed by atoms with Crippen molar-refractivity contribution in [3.63, 3.8) is 0 Å². The highest BCUT2D eigenvalue weighted by Gasteiger charge is 2.42. The lowest BCUT2D eigenvalue weighted by atomic mass is 9.81. The highest BCUT2D eigenvalue weighted by Crippen LogP contribution is 2.45. The van der Waals surface area contributed by atoms with Gasteiger partial charge in [-0.3, -0.25) is 0 Å². The molecule has 1 aromatic rings. The lowest BCUT2D eigenvalue weighted by molar-refractivity contribution is -0.175. The molecule has 3 heteroatoms. The van der Waals surface area contributed by atoms with E-state index in [0.717, 1.165) is 19.8 Å². The first kappa shape index (κ1) is 10.7. The molecule has 2 rings (SSSR count). The van der Waals surface area contributed by atoms with Crippen LogP contribution in [0.3, 0.4) is 0 Å². The fraction of sp³-hybridized carbons (Fsp3) is 0.667. The molecular weight excluding hydrogens is 190 g/mol. The number of hydrogen-bond donors (Lipinski definition) is 0. The zero-order chi connectivity index (χ0) is 10.9. The van der Waals surface area contributed by atoms with Crippen LogP contribution in [0.15, 0.2) is 18.3 Å². The largest absolute Gasteiger partial charge is 0.383 e. The fourth-order valence-corrected chi connectivity index (χ4v) is 2.04. The van der Waals surface area contributed by atoms with Crippen LogP contribution >= 0.6 is 0 Å². The Morgan fingerprint density at radius 2 is 2.40 bits per heavy atom. The van der Waals surface area contributed by atoms with E-state index in [-0.39, 0.29) is 11.5 Å². The molecule has 3 nitrogen and oxygen atoms in total. The first-order chi connectivity index (χ1) is 7.15. The van der Waals surface area contributed by atoms with Gasteiger partial charge in [0.1, 0.15) is 6.10 Å². The topological polar surface area (TPSA) is 23.4 Å². The van der Waals surface area contributed by atoms with Crippen molar-refractivity contribution in [2.45, 2.75) is 26.5 Å². The van der Waals surface area contributed by atoms with Crippen molar-refractivity contribution in [2.24, 2.45) is 5.41 Å². The summed E-state index contributed by atoms with van der Waals surface area (Å²) in [5, 5.41) is 0. The monoisotopic (exact) mass is 209 g/mol. The SMILES string of the molecule is COCCn1cccc1C1OCC1(C)C. The average Bonchev–Trinajstić information content (AvgIpc) is 2.61. The van der Waals surface area contributed by atoms with Gasteiger partial charge >= 0.3 is 0 Å². The van der Waals surface area contributed by atoms with Crippen molar-refractivity contribution in [3.8, 4) is 0 Å². The summed E-state index contributed by atoms with van der Waals surface area (Å²) in [6.07, 6.45) is 2.33. The van der Waals surface area contributed by atoms with E-state index in [1.54, 1.807) is 7.11 Å². The summed E-state index contributed by atoms with van der Waals surface area (Å²) in [6, 6.07) is 4.21. The maximum Gasteiger partial charge on any atom is 0.105 e. The summed E-state index contributed by atoms with van der Waals surface area (Å²) < 4.78 is 13.0. The predicted octanol–water partition coefficient (Wildman–Crippen LogP) is 2.23. The Labute approximate surface area is 91.0 Å². The van der Waals surface area contributed by atoms with Gasteiger partial charge in [-0.25, -0.2) is 0 Å². The number of hydrogen-bond acceptors (Lipinski definition) is 2. The van der Waals surface area contributed by atoms with Gasteiger partial charge in [0.15, 0.2) is 0 Å². The van der Waals surface area contributed by atoms with Crippen LogP contribution in [0.25, 0.3) is 0 Å². The van der Waals surface area contributed by atoms with Gasteiger partial charge in [-0.05, 0) is 12.1 Å². The Bertz CT molecular complexity index is 330. The molecule has 0 bridgehead atoms. The van der Waals surface area contributed by atoms with Crippen LogP contribution in [-0.2, 0) is 16.0 Å². The van der Waals surface area contributed by atoms with Gasteiger partial charge in [0.05, 0.1) is 13.2 Å². The van der Waals surface area contributed by atoms with Crippen molar-refractivity contribution in [3.05, 3.63) is 24.0 Å². The second kappa shape index (κ2) is 3.99. The average molecular weight is 209 g/mol. The molecular formula is C12H19NO2. The number of aromatic nitrogens is 1. The van der Waals surface area contributed by atoms with E-state index >= 15 is 0 Å². The second-order valence-electron chi connectivity index (χ2n) is 4.80. The molecule has 1 fully saturated rings. The minimum atomic E-state index is 0.240. The molecule has 1 aliphatic heterocycles. The van der Waals surface area contributed by atoms with Crippen LogP contribution in [0.4, 0.5) is 0 Å². The van der Waals surface area contributed by atoms with Gasteiger partial charge in [-0.15, -0.1) is 0 Å². The van der Waals surface area contributed by atoms with Gasteiger partial charge in [0.2, 0.25) is 0 Å². The number of nitrogens with zero attached hydrogens (tertiary/aromatic N) is 1. The maximum absolute atomic E-state index is 5.65. The predicted molar refractivity (Wildman–Crippen MR) is 58.8 cm³/mol. The van der Waals surface area contributed by atoms with Crippen molar-refractivity contribution in [1.82, 2.24) is 4.57 Å². The zero-order valence-corrected chi connectivity index (χ0v) is 9.69. The summed E-state index contributed by atoms with van der Waals surface area (Å²) in [7, 11) is 1.73. The summed E-state index contributed by atoms with van der Waals surface area (Å²) in [5.41, 5.74) is 1.53. The summed E-state index contributed by atoms with van der Waals surface area (Å²) in [6.45, 7) is 6.99. The zero-order valence-electron chi connectivity index (χ0n) is 9.69. The summed E-state index contributed by atoms with van der Waals surface area (Å²) in [5.74, 6) is 0. The lowest BCUT2D eigenvalue weighted by Crippen LogP contribution is -2.41. The van der Waals surface area contributed by atoms with Gasteiger partial charge in [0.25, 0.3) is 0 Å². The molecule has 1 aliphatic rings. The molecule has 1 aromatic heterocycles. The van der Waals surface area contributed by atoms with Crippen molar-refractivity contribution in [1.29, 1.82) is 0 Å². The van der Waals surface area contributed by atoms with E-state index < -0.39 is 0 Å². The van der Waals surface area contributed by atoms with Crippen molar-refractivity contribution in [2.75, 3.05) is 20.3 Å². The van der Waals surface area contributed by atoms with Gasteiger partial charge in [-0.2, -0.15) is 0 Å². The Morgan fingerprint density at radius 3 is 2.93 bits per heavy atom. The molecule has 84 valence electrons. The Balaban J connectivity index is 2.11. The minimum absolute atomic E-state index is 0.240. The standard InChI is InChI=1S/C12H19NO2/c1-12(2)9-15-11(12)10-5-4-6-13(10)7-8-14-3/h4-6,11H,7-9H2,1-3H3. The number of rotatable bonds is 4. The van der Waals surface area contributed by atoms with E-state index in [0.29, 0.717) is 0 Å². The molecule has 1 atom stereocenters. The lowest BCUT2D eigenvalue weighted by Gasteiger charge is -2.44. The Hall–Kier alpha value is -0.800. The quantitative estimate of drug-likeness (QED) is 0.759. The third-order valence-electron chi connectivity index (χ3n) is 3.00. The van der Waals surface area contributed by atoms with E-state index in [2.05, 4.69) is 36.7 Å². The van der Waals surface area contributed by atoms with Gasteiger partial charge < -0.3 is 14.0 Å². The number of methoxy groups -OCH3 is 1. The minimum Gasteiger partial charge on any atom is -0.383 e. The van der Waals surface area contributed by atoms with Crippen LogP contribution in [0.5, 0.6) is 0 Å². The molecule has 0 aromatic carbocycles. The van der Waals surface area contributed by atoms with E-state index in [1.807, 2.05) is 0 Å². The highest BCUT2D eigenvalue weighted by molar-refractivity contribution is 5.15. The number of ether oxygens (including phenoxy) is 2. The molecule has 0 radical (unpaired) electrons. The summed E-state index contributed by atoms with van der Waals surface area (Å²) in [4.78, 5) is 0. The van der Waals surface area contributed by atoms with E-state index in [4.69, 9.17) is 9.47 Å². The molecule has 0 aliphatic carbocycles. The third-order valence-corrected chi connectivity index (χ3v) is 3.00.